The second-order valence-electron chi connectivity index (χ2n) is 9.21. The molecule has 0 saturated carbocycles. The Kier molecular flexibility index (Phi) is 10.6. The summed E-state index contributed by atoms with van der Waals surface area (Å²) in [5.41, 5.74) is 3.03. The second kappa shape index (κ2) is 13.1. The summed E-state index contributed by atoms with van der Waals surface area (Å²) in [5, 5.41) is 0.311. The lowest BCUT2D eigenvalue weighted by Crippen LogP contribution is -2.30. The zero-order valence-corrected chi connectivity index (χ0v) is 24.6. The molecule has 1 aromatic carbocycles. The number of hydrogen-bond donors (Lipinski definition) is 3. The van der Waals surface area contributed by atoms with Gasteiger partial charge in [-0.15, -0.1) is 0 Å². The minimum absolute atomic E-state index is 0.0975. The molecule has 2 aromatic heterocycles. The van der Waals surface area contributed by atoms with Gasteiger partial charge >= 0.3 is 12.4 Å². The van der Waals surface area contributed by atoms with Gasteiger partial charge in [-0.3, -0.25) is 9.13 Å². The van der Waals surface area contributed by atoms with Crippen molar-refractivity contribution in [3.05, 3.63) is 30.6 Å². The number of hydrogen-bond acceptors (Lipinski definition) is 9. The van der Waals surface area contributed by atoms with E-state index in [-0.39, 0.29) is 17.1 Å². The summed E-state index contributed by atoms with van der Waals surface area (Å²) in [7, 11) is -11.7. The molecule has 3 aromatic rings. The maximum atomic E-state index is 12.9. The summed E-state index contributed by atoms with van der Waals surface area (Å²) >= 11 is 1.17. The number of benzene rings is 1. The Morgan fingerprint density at radius 3 is 2.26 bits per heavy atom. The van der Waals surface area contributed by atoms with Crippen LogP contribution < -0.4 is 10.5 Å². The van der Waals surface area contributed by atoms with Crippen LogP contribution in [0.2, 0.25) is 0 Å². The van der Waals surface area contributed by atoms with Gasteiger partial charge < -0.3 is 29.6 Å². The molecule has 42 heavy (non-hydrogen) atoms. The van der Waals surface area contributed by atoms with E-state index in [2.05, 4.69) is 15.0 Å². The van der Waals surface area contributed by atoms with E-state index in [9.17, 15) is 45.3 Å². The number of aromatic nitrogens is 4. The highest BCUT2D eigenvalue weighted by molar-refractivity contribution is 7.99. The lowest BCUT2D eigenvalue weighted by Gasteiger charge is -2.30. The number of nitrogens with two attached hydrogens (primary N) is 1. The van der Waals surface area contributed by atoms with Crippen LogP contribution >= 0.6 is 26.5 Å². The zero-order chi connectivity index (χ0) is 31.5. The number of fused-ring (bicyclic) bond motifs is 1. The Morgan fingerprint density at radius 1 is 1.07 bits per heavy atom. The highest BCUT2D eigenvalue weighted by atomic mass is 32.2. The van der Waals surface area contributed by atoms with Gasteiger partial charge in [0.15, 0.2) is 5.65 Å². The maximum absolute atomic E-state index is 12.9. The van der Waals surface area contributed by atoms with Crippen LogP contribution in [0.5, 0.6) is 5.75 Å². The van der Waals surface area contributed by atoms with Crippen molar-refractivity contribution in [1.29, 1.82) is 0 Å². The molecule has 0 amide bonds. The van der Waals surface area contributed by atoms with E-state index in [1.54, 1.807) is 24.3 Å². The second-order valence-corrected chi connectivity index (χ2v) is 15.3. The van der Waals surface area contributed by atoms with Crippen molar-refractivity contribution >= 4 is 43.6 Å². The van der Waals surface area contributed by atoms with Gasteiger partial charge in [0.1, 0.15) is 28.6 Å². The number of rotatable bonds is 13. The Balaban J connectivity index is 1.89. The van der Waals surface area contributed by atoms with Gasteiger partial charge in [0, 0.05) is 4.90 Å². The lowest BCUT2D eigenvalue weighted by atomic mass is 10.3. The zero-order valence-electron chi connectivity index (χ0n) is 22.0. The predicted molar refractivity (Wildman–Crippen MR) is 142 cm³/mol. The molecule has 0 saturated heterocycles. The first kappa shape index (κ1) is 34.1. The standard InChI is InChI=1S/C22H27F6N5O6P2S/c1-3-7-38-14-5-4-6-15(8-14)42-18-16-17(31-19(29)32-18)33(12-30-16)9-13(2)39-20(40(34,35)10-21(23,24)25)41(36,37)11-22(26,27)28/h4-6,8,12-13,20H,3,7,9-11H2,1-2H3,(H,34,35)(H,36,37)(H2,29,31,32). The number of ether oxygens (including phenoxy) is 2. The molecule has 0 radical (unpaired) electrons. The summed E-state index contributed by atoms with van der Waals surface area (Å²) in [6, 6.07) is 7.08. The third-order valence-corrected chi connectivity index (χ3v) is 11.6. The van der Waals surface area contributed by atoms with E-state index in [1.165, 1.54) is 22.7 Å². The molecule has 0 aliphatic heterocycles. The van der Waals surface area contributed by atoms with Crippen LogP contribution in [0.3, 0.4) is 0 Å². The number of nitrogens with zero attached hydrogens (tertiary/aromatic N) is 4. The Labute approximate surface area is 239 Å². The third kappa shape index (κ3) is 9.58. The van der Waals surface area contributed by atoms with Gasteiger partial charge in [0.05, 0.1) is 25.6 Å². The maximum Gasteiger partial charge on any atom is 0.398 e. The molecule has 0 fully saturated rings. The summed E-state index contributed by atoms with van der Waals surface area (Å²) in [4.78, 5) is 33.2. The van der Waals surface area contributed by atoms with Crippen molar-refractivity contribution in [2.24, 2.45) is 0 Å². The van der Waals surface area contributed by atoms with Gasteiger partial charge in [0.2, 0.25) is 26.3 Å². The van der Waals surface area contributed by atoms with Gasteiger partial charge in [-0.25, -0.2) is 9.97 Å². The van der Waals surface area contributed by atoms with Gasteiger partial charge in [-0.05, 0) is 31.5 Å². The fraction of sp³-hybridized carbons (Fsp3) is 0.500. The van der Waals surface area contributed by atoms with Crippen LogP contribution in [0.4, 0.5) is 32.3 Å². The van der Waals surface area contributed by atoms with Crippen molar-refractivity contribution in [2.45, 2.75) is 60.8 Å². The Hall–Kier alpha value is -2.36. The van der Waals surface area contributed by atoms with Crippen LogP contribution in [-0.4, -0.2) is 72.3 Å². The van der Waals surface area contributed by atoms with Crippen molar-refractivity contribution in [3.8, 4) is 5.75 Å². The van der Waals surface area contributed by atoms with Crippen LogP contribution in [0.15, 0.2) is 40.5 Å². The third-order valence-electron chi connectivity index (χ3n) is 5.25. The molecule has 234 valence electrons. The van der Waals surface area contributed by atoms with Crippen LogP contribution in [-0.2, 0) is 20.4 Å². The quantitative estimate of drug-likeness (QED) is 0.117. The smallest absolute Gasteiger partial charge is 0.398 e. The number of anilines is 1. The average molecular weight is 665 g/mol. The number of nitrogen functional groups attached to an aromatic ring is 1. The van der Waals surface area contributed by atoms with E-state index in [0.29, 0.717) is 22.3 Å². The molecule has 0 spiro atoms. The molecule has 3 unspecified atom stereocenters. The van der Waals surface area contributed by atoms with E-state index in [0.717, 1.165) is 13.3 Å². The topological polar surface area (TPSA) is 163 Å². The average Bonchev–Trinajstić information content (AvgIpc) is 3.20. The number of halogens is 6. The molecule has 3 atom stereocenters. The molecular formula is C22H27F6N5O6P2S. The van der Waals surface area contributed by atoms with E-state index in [1.807, 2.05) is 6.92 Å². The Morgan fingerprint density at radius 2 is 1.69 bits per heavy atom. The molecule has 11 nitrogen and oxygen atoms in total. The summed E-state index contributed by atoms with van der Waals surface area (Å²) < 4.78 is 115. The van der Waals surface area contributed by atoms with Gasteiger partial charge in [0.25, 0.3) is 0 Å². The van der Waals surface area contributed by atoms with E-state index < -0.39 is 57.6 Å². The Bertz CT molecular complexity index is 1450. The van der Waals surface area contributed by atoms with E-state index >= 15 is 0 Å². The molecule has 0 bridgehead atoms. The fourth-order valence-corrected chi connectivity index (χ4v) is 9.57. The van der Waals surface area contributed by atoms with Gasteiger partial charge in [-0.2, -0.15) is 31.3 Å². The molecular weight excluding hydrogens is 638 g/mol. The van der Waals surface area contributed by atoms with Crippen molar-refractivity contribution in [3.63, 3.8) is 0 Å². The SMILES string of the molecule is CCCOc1cccc(Sc2nc(N)nc3c2ncn3CC(C)OC(P(=O)(O)CC(F)(F)F)P(=O)(O)CC(F)(F)F)c1. The minimum atomic E-state index is -5.83. The fourth-order valence-electron chi connectivity index (χ4n) is 3.77. The first-order chi connectivity index (χ1) is 19.3. The highest BCUT2D eigenvalue weighted by Gasteiger charge is 2.55. The van der Waals surface area contributed by atoms with Gasteiger partial charge in [-0.1, -0.05) is 24.8 Å². The normalized spacial score (nSPS) is 17.0. The summed E-state index contributed by atoms with van der Waals surface area (Å²) in [6.07, 6.45) is -15.2. The van der Waals surface area contributed by atoms with Crippen molar-refractivity contribution in [2.75, 3.05) is 24.7 Å². The molecule has 2 heterocycles. The van der Waals surface area contributed by atoms with Crippen LogP contribution in [0.25, 0.3) is 11.2 Å². The predicted octanol–water partition coefficient (Wildman–Crippen LogP) is 5.70. The molecule has 3 rings (SSSR count). The minimum Gasteiger partial charge on any atom is -0.494 e. The first-order valence-electron chi connectivity index (χ1n) is 12.1. The largest absolute Gasteiger partial charge is 0.494 e. The summed E-state index contributed by atoms with van der Waals surface area (Å²) in [6.45, 7) is 3.18. The number of alkyl halides is 6. The lowest BCUT2D eigenvalue weighted by molar-refractivity contribution is -0.109. The number of imidazole rings is 1. The summed E-state index contributed by atoms with van der Waals surface area (Å²) in [5.74, 6) is 0.427. The van der Waals surface area contributed by atoms with Crippen molar-refractivity contribution < 1.29 is 54.7 Å². The van der Waals surface area contributed by atoms with E-state index in [4.69, 9.17) is 15.2 Å². The van der Waals surface area contributed by atoms with Crippen LogP contribution in [0.1, 0.15) is 20.3 Å². The molecule has 0 aliphatic carbocycles. The molecule has 20 heteroatoms. The molecule has 0 aliphatic rings. The monoisotopic (exact) mass is 665 g/mol. The molecule has 4 N–H and O–H groups in total. The highest BCUT2D eigenvalue weighted by Crippen LogP contribution is 2.67. The van der Waals surface area contributed by atoms with Crippen molar-refractivity contribution in [1.82, 2.24) is 19.5 Å². The first-order valence-corrected chi connectivity index (χ1v) is 16.7. The van der Waals surface area contributed by atoms with Crippen LogP contribution in [0, 0.1) is 0 Å².